The van der Waals surface area contributed by atoms with Gasteiger partial charge in [0.05, 0.1) is 6.54 Å². The fraction of sp³-hybridized carbons (Fsp3) is 0.500. The lowest BCUT2D eigenvalue weighted by Gasteiger charge is -2.38. The molecule has 1 aromatic carbocycles. The van der Waals surface area contributed by atoms with E-state index < -0.39 is 0 Å². The first-order valence-electron chi connectivity index (χ1n) is 11.6. The SMILES string of the molecule is CC(=O)CNC1CCc2ccc(C(=O)N(C)C3CCN(c4cc(C)nc(C)c4)CC3)cc21. The van der Waals surface area contributed by atoms with E-state index >= 15 is 0 Å². The molecule has 1 aromatic heterocycles. The monoisotopic (exact) mass is 434 g/mol. The molecule has 4 rings (SSSR count). The van der Waals surface area contributed by atoms with E-state index in [1.54, 1.807) is 6.92 Å². The van der Waals surface area contributed by atoms with Gasteiger partial charge < -0.3 is 15.1 Å². The molecule has 2 aliphatic rings. The Morgan fingerprint density at radius 3 is 2.44 bits per heavy atom. The Bertz CT molecular complexity index is 991. The number of hydrogen-bond donors (Lipinski definition) is 1. The predicted octanol–water partition coefficient (Wildman–Crippen LogP) is 3.61. The van der Waals surface area contributed by atoms with E-state index in [1.807, 2.05) is 37.9 Å². The maximum Gasteiger partial charge on any atom is 0.253 e. The summed E-state index contributed by atoms with van der Waals surface area (Å²) >= 11 is 0. The molecule has 0 radical (unpaired) electrons. The zero-order valence-electron chi connectivity index (χ0n) is 19.6. The number of anilines is 1. The van der Waals surface area contributed by atoms with Crippen molar-refractivity contribution in [3.8, 4) is 0 Å². The van der Waals surface area contributed by atoms with Crippen molar-refractivity contribution in [1.82, 2.24) is 15.2 Å². The van der Waals surface area contributed by atoms with Crippen LogP contribution in [0.25, 0.3) is 0 Å². The molecule has 2 heterocycles. The fourth-order valence-corrected chi connectivity index (χ4v) is 5.09. The number of carbonyl (C=O) groups excluding carboxylic acids is 2. The summed E-state index contributed by atoms with van der Waals surface area (Å²) in [6.45, 7) is 7.91. The predicted molar refractivity (Wildman–Crippen MR) is 127 cm³/mol. The smallest absolute Gasteiger partial charge is 0.253 e. The first-order chi connectivity index (χ1) is 15.3. The molecule has 1 atom stereocenters. The van der Waals surface area contributed by atoms with Gasteiger partial charge in [-0.3, -0.25) is 14.6 Å². The highest BCUT2D eigenvalue weighted by molar-refractivity contribution is 5.94. The van der Waals surface area contributed by atoms with Gasteiger partial charge in [0.25, 0.3) is 5.91 Å². The second-order valence-corrected chi connectivity index (χ2v) is 9.33. The number of piperidine rings is 1. The van der Waals surface area contributed by atoms with Crippen molar-refractivity contribution in [3.63, 3.8) is 0 Å². The Kier molecular flexibility index (Phi) is 6.60. The molecule has 1 unspecified atom stereocenters. The summed E-state index contributed by atoms with van der Waals surface area (Å²) in [5.74, 6) is 0.216. The Morgan fingerprint density at radius 1 is 1.09 bits per heavy atom. The normalized spacial score (nSPS) is 18.5. The highest BCUT2D eigenvalue weighted by Gasteiger charge is 2.28. The first-order valence-corrected chi connectivity index (χ1v) is 11.6. The number of rotatable bonds is 6. The van der Waals surface area contributed by atoms with E-state index in [-0.39, 0.29) is 23.8 Å². The summed E-state index contributed by atoms with van der Waals surface area (Å²) in [7, 11) is 1.93. The largest absolute Gasteiger partial charge is 0.371 e. The van der Waals surface area contributed by atoms with E-state index in [4.69, 9.17) is 0 Å². The van der Waals surface area contributed by atoms with Crippen molar-refractivity contribution in [1.29, 1.82) is 0 Å². The summed E-state index contributed by atoms with van der Waals surface area (Å²) in [6, 6.07) is 10.8. The van der Waals surface area contributed by atoms with Crippen molar-refractivity contribution in [2.45, 2.75) is 58.5 Å². The number of benzene rings is 1. The second kappa shape index (κ2) is 9.41. The molecule has 170 valence electrons. The summed E-state index contributed by atoms with van der Waals surface area (Å²) in [4.78, 5) is 33.5. The molecule has 1 aliphatic carbocycles. The van der Waals surface area contributed by atoms with Gasteiger partial charge in [-0.05, 0) is 81.8 Å². The molecule has 1 saturated heterocycles. The molecule has 1 N–H and O–H groups in total. The van der Waals surface area contributed by atoms with E-state index in [0.717, 1.165) is 55.7 Å². The minimum Gasteiger partial charge on any atom is -0.371 e. The Balaban J connectivity index is 1.40. The Morgan fingerprint density at radius 2 is 1.78 bits per heavy atom. The van der Waals surface area contributed by atoms with Crippen molar-refractivity contribution in [2.75, 3.05) is 31.6 Å². The number of aromatic nitrogens is 1. The third kappa shape index (κ3) is 4.85. The Labute approximate surface area is 191 Å². The van der Waals surface area contributed by atoms with Crippen LogP contribution in [-0.4, -0.2) is 54.3 Å². The van der Waals surface area contributed by atoms with Gasteiger partial charge in [-0.15, -0.1) is 0 Å². The number of amides is 1. The number of Topliss-reactive ketones (excluding diaryl/α,β-unsaturated/α-hetero) is 1. The van der Waals surface area contributed by atoms with Crippen molar-refractivity contribution in [2.24, 2.45) is 0 Å². The van der Waals surface area contributed by atoms with Gasteiger partial charge >= 0.3 is 0 Å². The van der Waals surface area contributed by atoms with Crippen LogP contribution in [-0.2, 0) is 11.2 Å². The average molecular weight is 435 g/mol. The number of hydrogen-bond acceptors (Lipinski definition) is 5. The molecule has 1 amide bonds. The molecular weight excluding hydrogens is 400 g/mol. The lowest BCUT2D eigenvalue weighted by molar-refractivity contribution is -0.116. The number of nitrogens with zero attached hydrogens (tertiary/aromatic N) is 3. The first kappa shape index (κ1) is 22.5. The van der Waals surface area contributed by atoms with Crippen molar-refractivity contribution in [3.05, 3.63) is 58.4 Å². The topological polar surface area (TPSA) is 65.5 Å². The highest BCUT2D eigenvalue weighted by atomic mass is 16.2. The van der Waals surface area contributed by atoms with Gasteiger partial charge in [-0.25, -0.2) is 0 Å². The third-order valence-corrected chi connectivity index (χ3v) is 6.83. The number of fused-ring (bicyclic) bond motifs is 1. The van der Waals surface area contributed by atoms with E-state index in [9.17, 15) is 9.59 Å². The molecule has 1 aliphatic heterocycles. The average Bonchev–Trinajstić information content (AvgIpc) is 3.18. The fourth-order valence-electron chi connectivity index (χ4n) is 5.09. The minimum atomic E-state index is 0.0825. The number of nitrogens with one attached hydrogen (secondary N) is 1. The minimum absolute atomic E-state index is 0.0825. The van der Waals surface area contributed by atoms with Gasteiger partial charge in [0.15, 0.2) is 0 Å². The third-order valence-electron chi connectivity index (χ3n) is 6.83. The maximum absolute atomic E-state index is 13.3. The van der Waals surface area contributed by atoms with Gasteiger partial charge in [0.2, 0.25) is 0 Å². The molecule has 0 saturated carbocycles. The molecule has 0 bridgehead atoms. The molecular formula is C26H34N4O2. The maximum atomic E-state index is 13.3. The summed E-state index contributed by atoms with van der Waals surface area (Å²) < 4.78 is 0. The molecule has 1 fully saturated rings. The summed E-state index contributed by atoms with van der Waals surface area (Å²) in [5, 5.41) is 3.34. The van der Waals surface area contributed by atoms with Crippen LogP contribution < -0.4 is 10.2 Å². The van der Waals surface area contributed by atoms with Crippen LogP contribution in [0.1, 0.15) is 65.1 Å². The molecule has 32 heavy (non-hydrogen) atoms. The van der Waals surface area contributed by atoms with Crippen LogP contribution in [0.3, 0.4) is 0 Å². The van der Waals surface area contributed by atoms with Crippen LogP contribution in [0.15, 0.2) is 30.3 Å². The molecule has 6 heteroatoms. The number of carbonyl (C=O) groups is 2. The van der Waals surface area contributed by atoms with E-state index in [1.165, 1.54) is 16.8 Å². The van der Waals surface area contributed by atoms with Crippen LogP contribution in [0.2, 0.25) is 0 Å². The lowest BCUT2D eigenvalue weighted by atomic mass is 10.00. The van der Waals surface area contributed by atoms with Gasteiger partial charge in [0, 0.05) is 54.9 Å². The summed E-state index contributed by atoms with van der Waals surface area (Å²) in [6.07, 6.45) is 3.87. The van der Waals surface area contributed by atoms with Crippen LogP contribution in [0.5, 0.6) is 0 Å². The molecule has 2 aromatic rings. The zero-order valence-corrected chi connectivity index (χ0v) is 19.6. The zero-order chi connectivity index (χ0) is 22.8. The van der Waals surface area contributed by atoms with E-state index in [0.29, 0.717) is 6.54 Å². The van der Waals surface area contributed by atoms with Crippen molar-refractivity contribution >= 4 is 17.4 Å². The molecule has 0 spiro atoms. The van der Waals surface area contributed by atoms with Crippen LogP contribution >= 0.6 is 0 Å². The summed E-state index contributed by atoms with van der Waals surface area (Å²) in [5.41, 5.74) is 6.50. The van der Waals surface area contributed by atoms with Crippen LogP contribution in [0.4, 0.5) is 5.69 Å². The molecule has 6 nitrogen and oxygen atoms in total. The number of aryl methyl sites for hydroxylation is 3. The quantitative estimate of drug-likeness (QED) is 0.753. The van der Waals surface area contributed by atoms with Crippen LogP contribution in [0, 0.1) is 13.8 Å². The van der Waals surface area contributed by atoms with Gasteiger partial charge in [-0.1, -0.05) is 6.07 Å². The standard InChI is InChI=1S/C26H34N4O2/c1-17-13-23(14-18(2)28-17)30-11-9-22(10-12-30)29(4)26(32)21-6-5-20-7-8-25(24(20)15-21)27-16-19(3)31/h5-6,13-15,22,25,27H,7-12,16H2,1-4H3. The Hall–Kier alpha value is -2.73. The van der Waals surface area contributed by atoms with Gasteiger partial charge in [0.1, 0.15) is 5.78 Å². The highest BCUT2D eigenvalue weighted by Crippen LogP contribution is 2.32. The second-order valence-electron chi connectivity index (χ2n) is 9.33. The van der Waals surface area contributed by atoms with E-state index in [2.05, 4.69) is 33.4 Å². The number of pyridine rings is 1. The van der Waals surface area contributed by atoms with Gasteiger partial charge in [-0.2, -0.15) is 0 Å². The lowest BCUT2D eigenvalue weighted by Crippen LogP contribution is -2.45. The number of ketones is 1. The van der Waals surface area contributed by atoms with Crippen molar-refractivity contribution < 1.29 is 9.59 Å².